The molecule has 3 amide bonds. The number of rotatable bonds is 3. The Morgan fingerprint density at radius 2 is 2.09 bits per heavy atom. The van der Waals surface area contributed by atoms with E-state index in [1.165, 1.54) is 11.8 Å². The number of para-hydroxylation sites is 1. The monoisotopic (exact) mass is 315 g/mol. The van der Waals surface area contributed by atoms with Gasteiger partial charge in [0.15, 0.2) is 0 Å². The minimum Gasteiger partial charge on any atom is -0.315 e. The van der Waals surface area contributed by atoms with Crippen LogP contribution in [0.3, 0.4) is 0 Å². The molecule has 0 N–H and O–H groups in total. The summed E-state index contributed by atoms with van der Waals surface area (Å²) in [6.07, 6.45) is 2.88. The number of amides is 3. The van der Waals surface area contributed by atoms with E-state index in [9.17, 15) is 9.59 Å². The first-order valence-electron chi connectivity index (χ1n) is 7.29. The number of thioether (sulfide) groups is 1. The van der Waals surface area contributed by atoms with E-state index in [1.807, 2.05) is 30.3 Å². The van der Waals surface area contributed by atoms with Gasteiger partial charge >= 0.3 is 6.03 Å². The van der Waals surface area contributed by atoms with Crippen molar-refractivity contribution in [2.45, 2.75) is 19.3 Å². The number of hydrogen-bond acceptors (Lipinski definition) is 3. The first-order valence-corrected chi connectivity index (χ1v) is 8.28. The van der Waals surface area contributed by atoms with E-state index in [1.54, 1.807) is 11.9 Å². The number of nitrogens with zero attached hydrogens (tertiary/aromatic N) is 3. The van der Waals surface area contributed by atoms with Crippen molar-refractivity contribution < 1.29 is 9.59 Å². The molecule has 1 atom stereocenters. The SMILES string of the molecule is CN(C(=O)CSC1=NC(=O)N=C2CCCC21)c1ccccc1. The lowest BCUT2D eigenvalue weighted by Crippen LogP contribution is -2.30. The van der Waals surface area contributed by atoms with Crippen LogP contribution in [-0.4, -0.2) is 35.5 Å². The van der Waals surface area contributed by atoms with Crippen LogP contribution in [0.5, 0.6) is 0 Å². The maximum absolute atomic E-state index is 12.3. The van der Waals surface area contributed by atoms with E-state index in [0.717, 1.165) is 35.7 Å². The number of hydrogen-bond donors (Lipinski definition) is 0. The molecule has 0 aromatic heterocycles. The molecule has 1 saturated carbocycles. The van der Waals surface area contributed by atoms with E-state index >= 15 is 0 Å². The lowest BCUT2D eigenvalue weighted by molar-refractivity contribution is -0.115. The van der Waals surface area contributed by atoms with Crippen LogP contribution in [0.15, 0.2) is 40.3 Å². The zero-order chi connectivity index (χ0) is 15.5. The summed E-state index contributed by atoms with van der Waals surface area (Å²) in [5.74, 6) is 0.423. The zero-order valence-electron chi connectivity index (χ0n) is 12.4. The number of anilines is 1. The Balaban J connectivity index is 1.63. The molecule has 0 spiro atoms. The number of aliphatic imine (C=N–C) groups is 2. The summed E-state index contributed by atoms with van der Waals surface area (Å²) < 4.78 is 0. The van der Waals surface area contributed by atoms with Gasteiger partial charge in [0.25, 0.3) is 0 Å². The first-order chi connectivity index (χ1) is 10.6. The standard InChI is InChI=1S/C16H17N3O2S/c1-19(11-6-3-2-4-7-11)14(20)10-22-15-12-8-5-9-13(12)17-16(21)18-15/h2-4,6-7,12H,5,8-10H2,1H3. The van der Waals surface area contributed by atoms with Gasteiger partial charge in [-0.05, 0) is 31.4 Å². The summed E-state index contributed by atoms with van der Waals surface area (Å²) in [6, 6.07) is 9.08. The van der Waals surface area contributed by atoms with Crippen LogP contribution in [0.1, 0.15) is 19.3 Å². The summed E-state index contributed by atoms with van der Waals surface area (Å²) in [7, 11) is 1.76. The Hall–Kier alpha value is -1.95. The fourth-order valence-corrected chi connectivity index (χ4v) is 3.77. The quantitative estimate of drug-likeness (QED) is 0.860. The Kier molecular flexibility index (Phi) is 4.38. The van der Waals surface area contributed by atoms with Crippen LogP contribution in [0.2, 0.25) is 0 Å². The Bertz CT molecular complexity index is 655. The van der Waals surface area contributed by atoms with E-state index < -0.39 is 6.03 Å². The summed E-state index contributed by atoms with van der Waals surface area (Å²) in [6.45, 7) is 0. The largest absolute Gasteiger partial charge is 0.367 e. The fraction of sp³-hybridized carbons (Fsp3) is 0.375. The van der Waals surface area contributed by atoms with Gasteiger partial charge in [0.2, 0.25) is 5.91 Å². The molecule has 1 aromatic carbocycles. The maximum atomic E-state index is 12.3. The Labute approximate surface area is 133 Å². The highest BCUT2D eigenvalue weighted by Crippen LogP contribution is 2.31. The molecule has 22 heavy (non-hydrogen) atoms. The van der Waals surface area contributed by atoms with Crippen molar-refractivity contribution in [2.75, 3.05) is 17.7 Å². The van der Waals surface area contributed by atoms with E-state index in [2.05, 4.69) is 9.98 Å². The van der Waals surface area contributed by atoms with Crippen molar-refractivity contribution in [3.8, 4) is 0 Å². The van der Waals surface area contributed by atoms with Gasteiger partial charge in [0.1, 0.15) is 0 Å². The van der Waals surface area contributed by atoms with Crippen LogP contribution in [0.25, 0.3) is 0 Å². The molecule has 0 bridgehead atoms. The van der Waals surface area contributed by atoms with Gasteiger partial charge in [0, 0.05) is 24.4 Å². The van der Waals surface area contributed by atoms with Crippen LogP contribution in [0.4, 0.5) is 10.5 Å². The molecular weight excluding hydrogens is 298 g/mol. The molecule has 1 aliphatic carbocycles. The van der Waals surface area contributed by atoms with Crippen molar-refractivity contribution in [2.24, 2.45) is 15.9 Å². The van der Waals surface area contributed by atoms with Gasteiger partial charge in [0.05, 0.1) is 10.8 Å². The molecule has 1 heterocycles. The average molecular weight is 315 g/mol. The molecular formula is C16H17N3O2S. The third-order valence-corrected chi connectivity index (χ3v) is 5.00. The second-order valence-corrected chi connectivity index (χ2v) is 6.35. The molecule has 0 radical (unpaired) electrons. The molecule has 1 fully saturated rings. The summed E-state index contributed by atoms with van der Waals surface area (Å²) >= 11 is 1.37. The molecule has 114 valence electrons. The van der Waals surface area contributed by atoms with E-state index in [4.69, 9.17) is 0 Å². The van der Waals surface area contributed by atoms with Crippen molar-refractivity contribution in [3.63, 3.8) is 0 Å². The maximum Gasteiger partial charge on any atom is 0.367 e. The van der Waals surface area contributed by atoms with E-state index in [-0.39, 0.29) is 17.6 Å². The van der Waals surface area contributed by atoms with Crippen LogP contribution >= 0.6 is 11.8 Å². The minimum absolute atomic E-state index is 0.00610. The number of urea groups is 1. The molecule has 1 aliphatic heterocycles. The highest BCUT2D eigenvalue weighted by molar-refractivity contribution is 8.14. The van der Waals surface area contributed by atoms with Gasteiger partial charge in [-0.1, -0.05) is 30.0 Å². The number of carbonyl (C=O) groups is 2. The van der Waals surface area contributed by atoms with Crippen LogP contribution in [0, 0.1) is 5.92 Å². The second kappa shape index (κ2) is 6.44. The third kappa shape index (κ3) is 3.11. The molecule has 5 nitrogen and oxygen atoms in total. The number of carbonyl (C=O) groups excluding carboxylic acids is 2. The summed E-state index contributed by atoms with van der Waals surface area (Å²) in [5.41, 5.74) is 1.80. The van der Waals surface area contributed by atoms with Crippen LogP contribution < -0.4 is 4.90 Å². The first kappa shape index (κ1) is 15.0. The van der Waals surface area contributed by atoms with Crippen molar-refractivity contribution in [1.29, 1.82) is 0 Å². The average Bonchev–Trinajstić information content (AvgIpc) is 3.00. The predicted molar refractivity (Wildman–Crippen MR) is 89.9 cm³/mol. The lowest BCUT2D eigenvalue weighted by Gasteiger charge is -2.19. The minimum atomic E-state index is -0.431. The van der Waals surface area contributed by atoms with Gasteiger partial charge in [-0.3, -0.25) is 4.79 Å². The van der Waals surface area contributed by atoms with Gasteiger partial charge in [-0.15, -0.1) is 0 Å². The van der Waals surface area contributed by atoms with Gasteiger partial charge < -0.3 is 4.90 Å². The molecule has 2 aliphatic rings. The zero-order valence-corrected chi connectivity index (χ0v) is 13.2. The lowest BCUT2D eigenvalue weighted by atomic mass is 10.1. The Morgan fingerprint density at radius 3 is 2.86 bits per heavy atom. The van der Waals surface area contributed by atoms with Gasteiger partial charge in [-0.25, -0.2) is 9.79 Å². The molecule has 1 aromatic rings. The van der Waals surface area contributed by atoms with Crippen molar-refractivity contribution in [3.05, 3.63) is 30.3 Å². The fourth-order valence-electron chi connectivity index (χ4n) is 2.71. The van der Waals surface area contributed by atoms with Crippen molar-refractivity contribution >= 4 is 40.1 Å². The molecule has 0 saturated heterocycles. The topological polar surface area (TPSA) is 62.1 Å². The molecule has 1 unspecified atom stereocenters. The van der Waals surface area contributed by atoms with Gasteiger partial charge in [-0.2, -0.15) is 4.99 Å². The number of benzene rings is 1. The summed E-state index contributed by atoms with van der Waals surface area (Å²) in [4.78, 5) is 33.5. The second-order valence-electron chi connectivity index (χ2n) is 5.36. The molecule has 6 heteroatoms. The van der Waals surface area contributed by atoms with Crippen LogP contribution in [-0.2, 0) is 4.79 Å². The highest BCUT2D eigenvalue weighted by atomic mass is 32.2. The van der Waals surface area contributed by atoms with E-state index in [0.29, 0.717) is 0 Å². The number of fused-ring (bicyclic) bond motifs is 1. The van der Waals surface area contributed by atoms with Crippen molar-refractivity contribution in [1.82, 2.24) is 0 Å². The molecule has 3 rings (SSSR count). The smallest absolute Gasteiger partial charge is 0.315 e. The third-order valence-electron chi connectivity index (χ3n) is 3.93. The Morgan fingerprint density at radius 1 is 1.32 bits per heavy atom. The highest BCUT2D eigenvalue weighted by Gasteiger charge is 2.32. The normalized spacial score (nSPS) is 20.2. The summed E-state index contributed by atoms with van der Waals surface area (Å²) in [5, 5.41) is 0.752. The predicted octanol–water partition coefficient (Wildman–Crippen LogP) is 3.16.